The molecule has 1 aromatic rings. The Bertz CT molecular complexity index is 345. The molecular formula is C15H26N2. The normalized spacial score (nSPS) is 13.1. The van der Waals surface area contributed by atoms with Crippen LogP contribution in [-0.2, 0) is 0 Å². The molecule has 1 unspecified atom stereocenters. The molecule has 1 atom stereocenters. The van der Waals surface area contributed by atoms with Crippen LogP contribution in [0.15, 0.2) is 18.2 Å². The van der Waals surface area contributed by atoms with Crippen molar-refractivity contribution in [2.75, 3.05) is 20.6 Å². The smallest absolute Gasteiger partial charge is 0.0332 e. The molecule has 0 aliphatic heterocycles. The summed E-state index contributed by atoms with van der Waals surface area (Å²) in [5, 5.41) is 6.64. The molecule has 0 saturated heterocycles. The zero-order valence-corrected chi connectivity index (χ0v) is 11.8. The Morgan fingerprint density at radius 1 is 1.18 bits per heavy atom. The first-order chi connectivity index (χ1) is 8.10. The Morgan fingerprint density at radius 2 is 1.88 bits per heavy atom. The van der Waals surface area contributed by atoms with Gasteiger partial charge in [-0.25, -0.2) is 0 Å². The quantitative estimate of drug-likeness (QED) is 0.790. The van der Waals surface area contributed by atoms with Crippen LogP contribution in [0.25, 0.3) is 0 Å². The van der Waals surface area contributed by atoms with E-state index in [0.29, 0.717) is 12.0 Å². The summed E-state index contributed by atoms with van der Waals surface area (Å²) in [6.45, 7) is 7.73. The van der Waals surface area contributed by atoms with Crippen molar-refractivity contribution >= 4 is 0 Å². The summed E-state index contributed by atoms with van der Waals surface area (Å²) in [7, 11) is 4.05. The fourth-order valence-corrected chi connectivity index (χ4v) is 2.14. The van der Waals surface area contributed by atoms with Crippen LogP contribution in [0, 0.1) is 6.92 Å². The third-order valence-electron chi connectivity index (χ3n) is 3.38. The van der Waals surface area contributed by atoms with Crippen molar-refractivity contribution in [3.63, 3.8) is 0 Å². The highest BCUT2D eigenvalue weighted by Crippen LogP contribution is 2.25. The monoisotopic (exact) mass is 234 g/mol. The van der Waals surface area contributed by atoms with E-state index in [4.69, 9.17) is 0 Å². The number of nitrogens with one attached hydrogen (secondary N) is 2. The summed E-state index contributed by atoms with van der Waals surface area (Å²) in [6.07, 6.45) is 1.12. The molecule has 1 aromatic carbocycles. The van der Waals surface area contributed by atoms with E-state index in [1.165, 1.54) is 16.7 Å². The lowest BCUT2D eigenvalue weighted by Crippen LogP contribution is -2.22. The molecule has 2 heteroatoms. The van der Waals surface area contributed by atoms with Gasteiger partial charge in [0.15, 0.2) is 0 Å². The molecule has 0 aliphatic carbocycles. The van der Waals surface area contributed by atoms with Gasteiger partial charge < -0.3 is 10.6 Å². The SMILES string of the molecule is CNCCC(NC)c1cc(C(C)C)ccc1C. The van der Waals surface area contributed by atoms with Gasteiger partial charge in [0.05, 0.1) is 0 Å². The predicted octanol–water partition coefficient (Wildman–Crippen LogP) is 2.99. The van der Waals surface area contributed by atoms with E-state index >= 15 is 0 Å². The van der Waals surface area contributed by atoms with Crippen LogP contribution in [0.3, 0.4) is 0 Å². The molecule has 0 bridgehead atoms. The second-order valence-corrected chi connectivity index (χ2v) is 5.00. The molecule has 17 heavy (non-hydrogen) atoms. The number of rotatable bonds is 6. The maximum atomic E-state index is 3.42. The fourth-order valence-electron chi connectivity index (χ4n) is 2.14. The van der Waals surface area contributed by atoms with Crippen molar-refractivity contribution in [3.8, 4) is 0 Å². The Balaban J connectivity index is 2.96. The van der Waals surface area contributed by atoms with Crippen molar-refractivity contribution < 1.29 is 0 Å². The van der Waals surface area contributed by atoms with E-state index in [9.17, 15) is 0 Å². The van der Waals surface area contributed by atoms with Gasteiger partial charge >= 0.3 is 0 Å². The highest BCUT2D eigenvalue weighted by molar-refractivity contribution is 5.34. The van der Waals surface area contributed by atoms with Crippen LogP contribution in [0.4, 0.5) is 0 Å². The van der Waals surface area contributed by atoms with Gasteiger partial charge in [0.2, 0.25) is 0 Å². The molecule has 0 radical (unpaired) electrons. The van der Waals surface area contributed by atoms with Gasteiger partial charge in [-0.05, 0) is 56.6 Å². The van der Waals surface area contributed by atoms with Crippen molar-refractivity contribution in [2.45, 2.75) is 39.2 Å². The molecule has 96 valence electrons. The number of aryl methyl sites for hydroxylation is 1. The molecule has 0 saturated carbocycles. The minimum absolute atomic E-state index is 0.446. The first kappa shape index (κ1) is 14.2. The van der Waals surface area contributed by atoms with Crippen LogP contribution >= 0.6 is 0 Å². The number of hydrogen-bond acceptors (Lipinski definition) is 2. The maximum Gasteiger partial charge on any atom is 0.0332 e. The van der Waals surface area contributed by atoms with Crippen molar-refractivity contribution in [1.82, 2.24) is 10.6 Å². The maximum absolute atomic E-state index is 3.42. The third kappa shape index (κ3) is 3.83. The molecule has 0 aliphatic rings. The van der Waals surface area contributed by atoms with Crippen LogP contribution in [-0.4, -0.2) is 20.6 Å². The van der Waals surface area contributed by atoms with Crippen LogP contribution in [0.5, 0.6) is 0 Å². The first-order valence-corrected chi connectivity index (χ1v) is 6.52. The van der Waals surface area contributed by atoms with E-state index in [1.807, 2.05) is 14.1 Å². The topological polar surface area (TPSA) is 24.1 Å². The lowest BCUT2D eigenvalue weighted by Gasteiger charge is -2.20. The van der Waals surface area contributed by atoms with Gasteiger partial charge in [0.1, 0.15) is 0 Å². The van der Waals surface area contributed by atoms with E-state index < -0.39 is 0 Å². The van der Waals surface area contributed by atoms with Crippen LogP contribution in [0.1, 0.15) is 48.9 Å². The van der Waals surface area contributed by atoms with Crippen LogP contribution < -0.4 is 10.6 Å². The van der Waals surface area contributed by atoms with Crippen LogP contribution in [0.2, 0.25) is 0 Å². The Morgan fingerprint density at radius 3 is 2.41 bits per heavy atom. The second-order valence-electron chi connectivity index (χ2n) is 5.00. The standard InChI is InChI=1S/C15H26N2/c1-11(2)13-7-6-12(3)14(10-13)15(17-5)8-9-16-4/h6-7,10-11,15-17H,8-9H2,1-5H3. The Kier molecular flexibility index (Phi) is 5.66. The van der Waals surface area contributed by atoms with Gasteiger partial charge in [-0.15, -0.1) is 0 Å². The number of hydrogen-bond donors (Lipinski definition) is 2. The summed E-state index contributed by atoms with van der Waals surface area (Å²) in [6, 6.07) is 7.29. The molecule has 2 N–H and O–H groups in total. The summed E-state index contributed by atoms with van der Waals surface area (Å²) in [5.41, 5.74) is 4.24. The number of benzene rings is 1. The molecular weight excluding hydrogens is 208 g/mol. The van der Waals surface area contributed by atoms with Gasteiger partial charge in [0.25, 0.3) is 0 Å². The lowest BCUT2D eigenvalue weighted by molar-refractivity contribution is 0.530. The van der Waals surface area contributed by atoms with E-state index in [-0.39, 0.29) is 0 Å². The van der Waals surface area contributed by atoms with E-state index in [1.54, 1.807) is 0 Å². The zero-order chi connectivity index (χ0) is 12.8. The molecule has 0 fully saturated rings. The summed E-state index contributed by atoms with van der Waals surface area (Å²) >= 11 is 0. The molecule has 0 spiro atoms. The molecule has 1 rings (SSSR count). The highest BCUT2D eigenvalue weighted by Gasteiger charge is 2.12. The van der Waals surface area contributed by atoms with Gasteiger partial charge in [0, 0.05) is 6.04 Å². The second kappa shape index (κ2) is 6.77. The third-order valence-corrected chi connectivity index (χ3v) is 3.38. The minimum atomic E-state index is 0.446. The highest BCUT2D eigenvalue weighted by atomic mass is 14.9. The molecule has 0 aromatic heterocycles. The molecule has 0 heterocycles. The summed E-state index contributed by atoms with van der Waals surface area (Å²) < 4.78 is 0. The van der Waals surface area contributed by atoms with E-state index in [0.717, 1.165) is 13.0 Å². The molecule has 0 amide bonds. The minimum Gasteiger partial charge on any atom is -0.320 e. The fraction of sp³-hybridized carbons (Fsp3) is 0.600. The zero-order valence-electron chi connectivity index (χ0n) is 11.8. The Hall–Kier alpha value is -0.860. The van der Waals surface area contributed by atoms with Crippen molar-refractivity contribution in [2.24, 2.45) is 0 Å². The Labute approximate surface area is 106 Å². The molecule has 2 nitrogen and oxygen atoms in total. The average Bonchev–Trinajstić information content (AvgIpc) is 2.31. The van der Waals surface area contributed by atoms with Crippen molar-refractivity contribution in [1.29, 1.82) is 0 Å². The van der Waals surface area contributed by atoms with Gasteiger partial charge in [-0.1, -0.05) is 32.0 Å². The summed E-state index contributed by atoms with van der Waals surface area (Å²) in [5.74, 6) is 0.594. The van der Waals surface area contributed by atoms with Crippen molar-refractivity contribution in [3.05, 3.63) is 34.9 Å². The average molecular weight is 234 g/mol. The predicted molar refractivity (Wildman–Crippen MR) is 75.6 cm³/mol. The van der Waals surface area contributed by atoms with E-state index in [2.05, 4.69) is 49.6 Å². The first-order valence-electron chi connectivity index (χ1n) is 6.52. The van der Waals surface area contributed by atoms with Gasteiger partial charge in [-0.2, -0.15) is 0 Å². The lowest BCUT2D eigenvalue weighted by atomic mass is 9.93. The largest absolute Gasteiger partial charge is 0.320 e. The van der Waals surface area contributed by atoms with Gasteiger partial charge in [-0.3, -0.25) is 0 Å². The summed E-state index contributed by atoms with van der Waals surface area (Å²) in [4.78, 5) is 0.